The van der Waals surface area contributed by atoms with E-state index in [1.807, 2.05) is 12.3 Å². The average molecular weight is 220 g/mol. The Morgan fingerprint density at radius 3 is 2.94 bits per heavy atom. The molecule has 1 aliphatic rings. The maximum atomic E-state index is 5.49. The quantitative estimate of drug-likeness (QED) is 0.737. The van der Waals surface area contributed by atoms with E-state index < -0.39 is 0 Å². The Kier molecular flexibility index (Phi) is 3.99. The lowest BCUT2D eigenvalue weighted by Gasteiger charge is -2.20. The molecule has 0 spiro atoms. The summed E-state index contributed by atoms with van der Waals surface area (Å²) in [6.07, 6.45) is 5.41. The van der Waals surface area contributed by atoms with E-state index in [1.165, 1.54) is 12.8 Å². The van der Waals surface area contributed by atoms with E-state index in [0.29, 0.717) is 0 Å². The third-order valence-electron chi connectivity index (χ3n) is 2.89. The molecule has 0 amide bonds. The second-order valence-corrected chi connectivity index (χ2v) is 4.14. The largest absolute Gasteiger partial charge is 0.382 e. The highest BCUT2D eigenvalue weighted by atomic mass is 15.2. The summed E-state index contributed by atoms with van der Waals surface area (Å²) in [6.45, 7) is 3.90. The fraction of sp³-hybridized carbons (Fsp3) is 0.583. The van der Waals surface area contributed by atoms with E-state index in [0.717, 1.165) is 44.1 Å². The zero-order chi connectivity index (χ0) is 11.2. The highest BCUT2D eigenvalue weighted by Crippen LogP contribution is 2.25. The number of nitrogens with two attached hydrogens (primary N) is 1. The van der Waals surface area contributed by atoms with Crippen molar-refractivity contribution in [3.05, 3.63) is 18.3 Å². The van der Waals surface area contributed by atoms with Crippen LogP contribution in [0.3, 0.4) is 0 Å². The number of aromatic nitrogens is 1. The molecule has 2 rings (SSSR count). The Balaban J connectivity index is 2.04. The fourth-order valence-electron chi connectivity index (χ4n) is 2.04. The van der Waals surface area contributed by atoms with Crippen LogP contribution >= 0.6 is 0 Å². The summed E-state index contributed by atoms with van der Waals surface area (Å²) in [5, 5.41) is 3.41. The monoisotopic (exact) mass is 220 g/mol. The van der Waals surface area contributed by atoms with Crippen LogP contribution < -0.4 is 16.0 Å². The van der Waals surface area contributed by atoms with Gasteiger partial charge < -0.3 is 16.0 Å². The standard InChI is InChI=1S/C12H20N4/c13-6-4-8-14-11-5-3-7-15-12(11)16-9-1-2-10-16/h3,5,7,14H,1-2,4,6,8-10,13H2. The molecule has 3 N–H and O–H groups in total. The van der Waals surface area contributed by atoms with Crippen molar-refractivity contribution in [1.29, 1.82) is 0 Å². The molecular weight excluding hydrogens is 200 g/mol. The van der Waals surface area contributed by atoms with Crippen LogP contribution in [0, 0.1) is 0 Å². The molecule has 0 bridgehead atoms. The predicted molar refractivity (Wildman–Crippen MR) is 67.8 cm³/mol. The van der Waals surface area contributed by atoms with Gasteiger partial charge in [0.15, 0.2) is 5.82 Å². The third kappa shape index (κ3) is 2.64. The molecule has 1 fully saturated rings. The maximum Gasteiger partial charge on any atom is 0.151 e. The fourth-order valence-corrected chi connectivity index (χ4v) is 2.04. The van der Waals surface area contributed by atoms with Crippen molar-refractivity contribution < 1.29 is 0 Å². The highest BCUT2D eigenvalue weighted by molar-refractivity contribution is 5.65. The molecule has 1 saturated heterocycles. The van der Waals surface area contributed by atoms with Crippen LogP contribution in [0.1, 0.15) is 19.3 Å². The minimum absolute atomic E-state index is 0.728. The number of nitrogens with zero attached hydrogens (tertiary/aromatic N) is 2. The van der Waals surface area contributed by atoms with Gasteiger partial charge in [0, 0.05) is 25.8 Å². The molecule has 0 aliphatic carbocycles. The lowest BCUT2D eigenvalue weighted by molar-refractivity contribution is 0.869. The van der Waals surface area contributed by atoms with Crippen molar-refractivity contribution in [2.75, 3.05) is 36.4 Å². The van der Waals surface area contributed by atoms with Gasteiger partial charge >= 0.3 is 0 Å². The Morgan fingerprint density at radius 1 is 1.38 bits per heavy atom. The summed E-state index contributed by atoms with van der Waals surface area (Å²) < 4.78 is 0. The van der Waals surface area contributed by atoms with Gasteiger partial charge in [-0.05, 0) is 37.9 Å². The predicted octanol–water partition coefficient (Wildman–Crippen LogP) is 1.44. The molecule has 88 valence electrons. The van der Waals surface area contributed by atoms with Crippen LogP contribution in [0.4, 0.5) is 11.5 Å². The first-order chi connectivity index (χ1) is 7.92. The van der Waals surface area contributed by atoms with Crippen LogP contribution in [0.25, 0.3) is 0 Å². The Morgan fingerprint density at radius 2 is 2.19 bits per heavy atom. The summed E-state index contributed by atoms with van der Waals surface area (Å²) >= 11 is 0. The van der Waals surface area contributed by atoms with Crippen LogP contribution in [0.2, 0.25) is 0 Å². The average Bonchev–Trinajstić information content (AvgIpc) is 2.83. The number of pyridine rings is 1. The first kappa shape index (κ1) is 11.2. The number of anilines is 2. The summed E-state index contributed by atoms with van der Waals surface area (Å²) in [4.78, 5) is 6.82. The number of nitrogens with one attached hydrogen (secondary N) is 1. The van der Waals surface area contributed by atoms with E-state index in [4.69, 9.17) is 5.73 Å². The van der Waals surface area contributed by atoms with Crippen molar-refractivity contribution >= 4 is 11.5 Å². The minimum atomic E-state index is 0.728. The number of hydrogen-bond donors (Lipinski definition) is 2. The minimum Gasteiger partial charge on any atom is -0.382 e. The van der Waals surface area contributed by atoms with Gasteiger partial charge in [0.2, 0.25) is 0 Å². The molecule has 1 aromatic rings. The van der Waals surface area contributed by atoms with Gasteiger partial charge in [0.1, 0.15) is 0 Å². The normalized spacial score (nSPS) is 15.4. The topological polar surface area (TPSA) is 54.2 Å². The van der Waals surface area contributed by atoms with Gasteiger partial charge in [-0.25, -0.2) is 4.98 Å². The van der Waals surface area contributed by atoms with E-state index >= 15 is 0 Å². The summed E-state index contributed by atoms with van der Waals surface area (Å²) in [5.41, 5.74) is 6.62. The molecule has 1 aromatic heterocycles. The molecule has 4 heteroatoms. The zero-order valence-corrected chi connectivity index (χ0v) is 9.65. The molecule has 0 aromatic carbocycles. The SMILES string of the molecule is NCCCNc1cccnc1N1CCCC1. The van der Waals surface area contributed by atoms with E-state index in [2.05, 4.69) is 21.3 Å². The van der Waals surface area contributed by atoms with Gasteiger partial charge in [0.25, 0.3) is 0 Å². The second-order valence-electron chi connectivity index (χ2n) is 4.14. The molecule has 0 atom stereocenters. The summed E-state index contributed by atoms with van der Waals surface area (Å²) in [5.74, 6) is 1.09. The van der Waals surface area contributed by atoms with E-state index in [1.54, 1.807) is 0 Å². The number of rotatable bonds is 5. The van der Waals surface area contributed by atoms with Crippen LogP contribution in [0.15, 0.2) is 18.3 Å². The molecule has 4 nitrogen and oxygen atoms in total. The first-order valence-electron chi connectivity index (χ1n) is 6.06. The van der Waals surface area contributed by atoms with E-state index in [9.17, 15) is 0 Å². The first-order valence-corrected chi connectivity index (χ1v) is 6.06. The molecule has 1 aliphatic heterocycles. The van der Waals surface area contributed by atoms with Crippen molar-refractivity contribution in [3.8, 4) is 0 Å². The van der Waals surface area contributed by atoms with Crippen molar-refractivity contribution in [2.45, 2.75) is 19.3 Å². The number of hydrogen-bond acceptors (Lipinski definition) is 4. The lowest BCUT2D eigenvalue weighted by atomic mass is 10.3. The summed E-state index contributed by atoms with van der Waals surface area (Å²) in [6, 6.07) is 4.07. The molecular formula is C12H20N4. The molecule has 16 heavy (non-hydrogen) atoms. The maximum absolute atomic E-state index is 5.49. The lowest BCUT2D eigenvalue weighted by Crippen LogP contribution is -2.21. The zero-order valence-electron chi connectivity index (χ0n) is 9.65. The van der Waals surface area contributed by atoms with Crippen molar-refractivity contribution in [2.24, 2.45) is 5.73 Å². The Bertz CT molecular complexity index is 321. The Hall–Kier alpha value is -1.29. The van der Waals surface area contributed by atoms with Crippen LogP contribution in [-0.4, -0.2) is 31.2 Å². The highest BCUT2D eigenvalue weighted by Gasteiger charge is 2.16. The molecule has 2 heterocycles. The summed E-state index contributed by atoms with van der Waals surface area (Å²) in [7, 11) is 0. The molecule has 0 unspecified atom stereocenters. The molecule has 0 saturated carbocycles. The van der Waals surface area contributed by atoms with Gasteiger partial charge in [-0.1, -0.05) is 0 Å². The van der Waals surface area contributed by atoms with Gasteiger partial charge in [-0.3, -0.25) is 0 Å². The van der Waals surface area contributed by atoms with Crippen LogP contribution in [-0.2, 0) is 0 Å². The van der Waals surface area contributed by atoms with Gasteiger partial charge in [0.05, 0.1) is 5.69 Å². The van der Waals surface area contributed by atoms with Crippen LogP contribution in [0.5, 0.6) is 0 Å². The smallest absolute Gasteiger partial charge is 0.151 e. The van der Waals surface area contributed by atoms with Crippen molar-refractivity contribution in [1.82, 2.24) is 4.98 Å². The Labute approximate surface area is 96.8 Å². The van der Waals surface area contributed by atoms with Gasteiger partial charge in [-0.2, -0.15) is 0 Å². The van der Waals surface area contributed by atoms with Gasteiger partial charge in [-0.15, -0.1) is 0 Å². The third-order valence-corrected chi connectivity index (χ3v) is 2.89. The molecule has 0 radical (unpaired) electrons. The van der Waals surface area contributed by atoms with E-state index in [-0.39, 0.29) is 0 Å². The second kappa shape index (κ2) is 5.70. The van der Waals surface area contributed by atoms with Crippen molar-refractivity contribution in [3.63, 3.8) is 0 Å².